The number of nitriles is 1. The van der Waals surface area contributed by atoms with Crippen molar-refractivity contribution in [2.24, 2.45) is 0 Å². The highest BCUT2D eigenvalue weighted by Crippen LogP contribution is 2.32. The van der Waals surface area contributed by atoms with E-state index in [0.29, 0.717) is 41.1 Å². The first-order chi connectivity index (χ1) is 12.5. The van der Waals surface area contributed by atoms with Gasteiger partial charge in [-0.05, 0) is 35.7 Å². The summed E-state index contributed by atoms with van der Waals surface area (Å²) in [5, 5.41) is 12.2. The van der Waals surface area contributed by atoms with Crippen molar-refractivity contribution in [3.8, 4) is 17.6 Å². The van der Waals surface area contributed by atoms with E-state index in [-0.39, 0.29) is 12.3 Å². The van der Waals surface area contributed by atoms with Gasteiger partial charge in [0, 0.05) is 6.54 Å². The van der Waals surface area contributed by atoms with Gasteiger partial charge in [-0.2, -0.15) is 5.26 Å². The summed E-state index contributed by atoms with van der Waals surface area (Å²) < 4.78 is 11.3. The molecule has 5 nitrogen and oxygen atoms in total. The maximum Gasteiger partial charge on any atom is 0.234 e. The van der Waals surface area contributed by atoms with E-state index < -0.39 is 0 Å². The molecule has 0 bridgehead atoms. The first-order valence-electron chi connectivity index (χ1n) is 7.91. The van der Waals surface area contributed by atoms with E-state index in [0.717, 1.165) is 11.1 Å². The zero-order valence-electron chi connectivity index (χ0n) is 14.2. The largest absolute Gasteiger partial charge is 0.493 e. The normalized spacial score (nSPS) is 10.1. The minimum atomic E-state index is -0.298. The Kier molecular flexibility index (Phi) is 7.58. The van der Waals surface area contributed by atoms with Crippen LogP contribution in [0.4, 0.5) is 0 Å². The summed E-state index contributed by atoms with van der Waals surface area (Å²) in [6.45, 7) is 0.696. The number of carbonyl (C=O) groups is 1. The van der Waals surface area contributed by atoms with Gasteiger partial charge < -0.3 is 14.8 Å². The standard InChI is InChI=1S/C19H18Cl2N2O3/c1-25-17-4-2-3-14(8-10-23-18(24)7-9-22)19(17)26-12-13-5-6-15(20)16(21)11-13/h2-6,11H,7-8,10,12H2,1H3,(H,23,24). The molecular formula is C19H18Cl2N2O3. The number of amides is 1. The molecule has 1 N–H and O–H groups in total. The van der Waals surface area contributed by atoms with Crippen LogP contribution in [0.2, 0.25) is 10.0 Å². The smallest absolute Gasteiger partial charge is 0.234 e. The van der Waals surface area contributed by atoms with Crippen molar-refractivity contribution < 1.29 is 14.3 Å². The lowest BCUT2D eigenvalue weighted by atomic mass is 10.1. The highest BCUT2D eigenvalue weighted by Gasteiger charge is 2.12. The van der Waals surface area contributed by atoms with Crippen molar-refractivity contribution in [2.45, 2.75) is 19.4 Å². The van der Waals surface area contributed by atoms with Crippen molar-refractivity contribution in [3.63, 3.8) is 0 Å². The third kappa shape index (κ3) is 5.55. The fourth-order valence-electron chi connectivity index (χ4n) is 2.34. The number of halogens is 2. The molecule has 0 aliphatic carbocycles. The minimum Gasteiger partial charge on any atom is -0.493 e. The number of hydrogen-bond donors (Lipinski definition) is 1. The Morgan fingerprint density at radius 1 is 1.23 bits per heavy atom. The molecule has 0 fully saturated rings. The molecule has 26 heavy (non-hydrogen) atoms. The molecule has 0 heterocycles. The molecule has 0 atom stereocenters. The molecule has 1 amide bonds. The maximum absolute atomic E-state index is 11.4. The van der Waals surface area contributed by atoms with Crippen LogP contribution in [0.3, 0.4) is 0 Å². The van der Waals surface area contributed by atoms with E-state index in [1.807, 2.05) is 30.3 Å². The molecule has 2 aromatic carbocycles. The summed E-state index contributed by atoms with van der Waals surface area (Å²) in [5.41, 5.74) is 1.76. The van der Waals surface area contributed by atoms with Crippen LogP contribution in [-0.2, 0) is 17.8 Å². The van der Waals surface area contributed by atoms with Gasteiger partial charge >= 0.3 is 0 Å². The van der Waals surface area contributed by atoms with Gasteiger partial charge in [0.25, 0.3) is 0 Å². The van der Waals surface area contributed by atoms with E-state index in [2.05, 4.69) is 5.32 Å². The molecule has 7 heteroatoms. The van der Waals surface area contributed by atoms with Crippen molar-refractivity contribution in [2.75, 3.05) is 13.7 Å². The van der Waals surface area contributed by atoms with E-state index in [9.17, 15) is 4.79 Å². The third-order valence-electron chi connectivity index (χ3n) is 3.60. The van der Waals surface area contributed by atoms with Crippen LogP contribution in [-0.4, -0.2) is 19.6 Å². The number of hydrogen-bond acceptors (Lipinski definition) is 4. The fourth-order valence-corrected chi connectivity index (χ4v) is 2.66. The van der Waals surface area contributed by atoms with Gasteiger partial charge in [0.15, 0.2) is 11.5 Å². The second kappa shape index (κ2) is 9.91. The first kappa shape index (κ1) is 19.9. The topological polar surface area (TPSA) is 71.3 Å². The number of ether oxygens (including phenoxy) is 2. The zero-order chi connectivity index (χ0) is 18.9. The van der Waals surface area contributed by atoms with E-state index in [1.165, 1.54) is 0 Å². The van der Waals surface area contributed by atoms with E-state index >= 15 is 0 Å². The predicted molar refractivity (Wildman–Crippen MR) is 101 cm³/mol. The van der Waals surface area contributed by atoms with E-state index in [1.54, 1.807) is 19.2 Å². The maximum atomic E-state index is 11.4. The van der Waals surface area contributed by atoms with Gasteiger partial charge in [0.1, 0.15) is 13.0 Å². The van der Waals surface area contributed by atoms with Crippen LogP contribution in [0.15, 0.2) is 36.4 Å². The molecule has 0 aliphatic heterocycles. The molecule has 0 aromatic heterocycles. The Labute approximate surface area is 162 Å². The molecule has 2 rings (SSSR count). The highest BCUT2D eigenvalue weighted by molar-refractivity contribution is 6.42. The van der Waals surface area contributed by atoms with Crippen LogP contribution in [0, 0.1) is 11.3 Å². The van der Waals surface area contributed by atoms with Gasteiger partial charge in [-0.1, -0.05) is 41.4 Å². The van der Waals surface area contributed by atoms with Crippen molar-refractivity contribution in [3.05, 3.63) is 57.6 Å². The van der Waals surface area contributed by atoms with Gasteiger partial charge in [0.2, 0.25) is 5.91 Å². The number of benzene rings is 2. The lowest BCUT2D eigenvalue weighted by Crippen LogP contribution is -2.25. The number of carbonyl (C=O) groups excluding carboxylic acids is 1. The molecule has 0 saturated carbocycles. The molecule has 2 aromatic rings. The van der Waals surface area contributed by atoms with Gasteiger partial charge in [-0.15, -0.1) is 0 Å². The Morgan fingerprint density at radius 3 is 2.73 bits per heavy atom. The van der Waals surface area contributed by atoms with Crippen LogP contribution in [0.1, 0.15) is 17.5 Å². The third-order valence-corrected chi connectivity index (χ3v) is 4.34. The lowest BCUT2D eigenvalue weighted by molar-refractivity contribution is -0.120. The Hall–Kier alpha value is -2.42. The predicted octanol–water partition coefficient (Wildman–Crippen LogP) is 4.15. The average Bonchev–Trinajstić information content (AvgIpc) is 2.63. The minimum absolute atomic E-state index is 0.154. The molecule has 0 spiro atoms. The summed E-state index contributed by atoms with van der Waals surface area (Å²) in [6.07, 6.45) is 0.393. The monoisotopic (exact) mass is 392 g/mol. The van der Waals surface area contributed by atoms with Crippen LogP contribution in [0.5, 0.6) is 11.5 Å². The zero-order valence-corrected chi connectivity index (χ0v) is 15.7. The number of nitrogens with zero attached hydrogens (tertiary/aromatic N) is 1. The fraction of sp³-hybridized carbons (Fsp3) is 0.263. The van der Waals surface area contributed by atoms with Gasteiger partial charge in [0.05, 0.1) is 23.2 Å². The number of rotatable bonds is 8. The first-order valence-corrected chi connectivity index (χ1v) is 8.67. The summed E-state index contributed by atoms with van der Waals surface area (Å²) in [7, 11) is 1.57. The Balaban J connectivity index is 2.08. The number of para-hydroxylation sites is 1. The molecule has 0 unspecified atom stereocenters. The molecule has 0 saturated heterocycles. The van der Waals surface area contributed by atoms with Crippen LogP contribution < -0.4 is 14.8 Å². The molecular weight excluding hydrogens is 375 g/mol. The molecule has 0 radical (unpaired) electrons. The summed E-state index contributed by atoms with van der Waals surface area (Å²) in [5.74, 6) is 0.912. The van der Waals surface area contributed by atoms with Gasteiger partial charge in [-0.3, -0.25) is 4.79 Å². The number of nitrogens with one attached hydrogen (secondary N) is 1. The summed E-state index contributed by atoms with van der Waals surface area (Å²) in [6, 6.07) is 12.7. The van der Waals surface area contributed by atoms with Gasteiger partial charge in [-0.25, -0.2) is 0 Å². The Morgan fingerprint density at radius 2 is 2.04 bits per heavy atom. The van der Waals surface area contributed by atoms with Crippen LogP contribution >= 0.6 is 23.2 Å². The quantitative estimate of drug-likeness (QED) is 0.731. The SMILES string of the molecule is COc1cccc(CCNC(=O)CC#N)c1OCc1ccc(Cl)c(Cl)c1. The van der Waals surface area contributed by atoms with E-state index in [4.69, 9.17) is 37.9 Å². The summed E-state index contributed by atoms with van der Waals surface area (Å²) in [4.78, 5) is 11.4. The Bertz CT molecular complexity index is 819. The van der Waals surface area contributed by atoms with Crippen molar-refractivity contribution in [1.82, 2.24) is 5.32 Å². The van der Waals surface area contributed by atoms with Crippen LogP contribution in [0.25, 0.3) is 0 Å². The highest BCUT2D eigenvalue weighted by atomic mass is 35.5. The number of methoxy groups -OCH3 is 1. The lowest BCUT2D eigenvalue weighted by Gasteiger charge is -2.15. The molecule has 136 valence electrons. The summed E-state index contributed by atoms with van der Waals surface area (Å²) >= 11 is 12.0. The second-order valence-corrected chi connectivity index (χ2v) is 6.23. The van der Waals surface area contributed by atoms with Crippen molar-refractivity contribution in [1.29, 1.82) is 5.26 Å². The van der Waals surface area contributed by atoms with Crippen molar-refractivity contribution >= 4 is 29.1 Å². The average molecular weight is 393 g/mol. The molecule has 0 aliphatic rings. The second-order valence-electron chi connectivity index (χ2n) is 5.42.